The van der Waals surface area contributed by atoms with E-state index in [1.807, 2.05) is 60.7 Å². The molecule has 0 aliphatic carbocycles. The molecule has 3 aromatic carbocycles. The van der Waals surface area contributed by atoms with Crippen LogP contribution in [0.25, 0.3) is 11.3 Å². The third-order valence-corrected chi connectivity index (χ3v) is 4.54. The number of rotatable bonds is 9. The maximum absolute atomic E-state index is 12.6. The normalized spacial score (nSPS) is 10.7. The van der Waals surface area contributed by atoms with Crippen LogP contribution in [0.4, 0.5) is 8.78 Å². The highest BCUT2D eigenvalue weighted by atomic mass is 19.3. The first-order chi connectivity index (χ1) is 15.7. The number of ether oxygens (including phenoxy) is 3. The zero-order chi connectivity index (χ0) is 22.2. The third kappa shape index (κ3) is 5.78. The van der Waals surface area contributed by atoms with E-state index < -0.39 is 6.61 Å². The Labute approximate surface area is 184 Å². The van der Waals surface area contributed by atoms with Crippen LogP contribution in [-0.4, -0.2) is 16.8 Å². The number of alkyl halides is 2. The summed E-state index contributed by atoms with van der Waals surface area (Å²) in [7, 11) is 0. The summed E-state index contributed by atoms with van der Waals surface area (Å²) in [5.74, 6) is 0.680. The fraction of sp³-hybridized carbons (Fsp3) is 0.120. The average Bonchev–Trinajstić information content (AvgIpc) is 2.83. The number of benzene rings is 3. The molecule has 0 saturated heterocycles. The van der Waals surface area contributed by atoms with Crippen molar-refractivity contribution in [3.63, 3.8) is 0 Å². The standard InChI is InChI=1S/C25H20F2N2O3/c26-25(27)32-21-13-7-12-20(14-21)22-15-23(30-16-18-8-3-1-4-9-18)24(29-28-22)31-17-19-10-5-2-6-11-19/h1-15,25H,16-17H2. The molecule has 0 unspecified atom stereocenters. The van der Waals surface area contributed by atoms with Crippen molar-refractivity contribution in [3.8, 4) is 28.6 Å². The lowest BCUT2D eigenvalue weighted by Crippen LogP contribution is -2.04. The number of hydrogen-bond donors (Lipinski definition) is 0. The first kappa shape index (κ1) is 21.2. The molecule has 4 rings (SSSR count). The molecule has 32 heavy (non-hydrogen) atoms. The average molecular weight is 434 g/mol. The van der Waals surface area contributed by atoms with Gasteiger partial charge in [0.1, 0.15) is 19.0 Å². The molecule has 1 aromatic heterocycles. The lowest BCUT2D eigenvalue weighted by atomic mass is 10.1. The van der Waals surface area contributed by atoms with Gasteiger partial charge in [0.25, 0.3) is 5.88 Å². The highest BCUT2D eigenvalue weighted by Gasteiger charge is 2.14. The minimum absolute atomic E-state index is 0.0375. The van der Waals surface area contributed by atoms with E-state index in [-0.39, 0.29) is 11.6 Å². The highest BCUT2D eigenvalue weighted by Crippen LogP contribution is 2.31. The van der Waals surface area contributed by atoms with Crippen molar-refractivity contribution in [2.45, 2.75) is 19.8 Å². The quantitative estimate of drug-likeness (QED) is 0.328. The van der Waals surface area contributed by atoms with E-state index in [4.69, 9.17) is 9.47 Å². The summed E-state index contributed by atoms with van der Waals surface area (Å²) in [5.41, 5.74) is 2.96. The molecule has 0 aliphatic heterocycles. The predicted molar refractivity (Wildman–Crippen MR) is 116 cm³/mol. The Morgan fingerprint density at radius 1 is 0.688 bits per heavy atom. The van der Waals surface area contributed by atoms with Gasteiger partial charge in [-0.25, -0.2) is 0 Å². The van der Waals surface area contributed by atoms with Gasteiger partial charge in [-0.3, -0.25) is 0 Å². The molecule has 162 valence electrons. The van der Waals surface area contributed by atoms with Crippen LogP contribution in [0.5, 0.6) is 17.4 Å². The molecular formula is C25H20F2N2O3. The first-order valence-corrected chi connectivity index (χ1v) is 9.94. The Morgan fingerprint density at radius 2 is 1.34 bits per heavy atom. The van der Waals surface area contributed by atoms with Crippen LogP contribution in [0.2, 0.25) is 0 Å². The number of nitrogens with zero attached hydrogens (tertiary/aromatic N) is 2. The van der Waals surface area contributed by atoms with Gasteiger partial charge in [-0.05, 0) is 23.3 Å². The Morgan fingerprint density at radius 3 is 2.00 bits per heavy atom. The molecule has 4 aromatic rings. The van der Waals surface area contributed by atoms with Gasteiger partial charge in [0.05, 0.1) is 5.69 Å². The van der Waals surface area contributed by atoms with Crippen molar-refractivity contribution in [1.29, 1.82) is 0 Å². The molecular weight excluding hydrogens is 414 g/mol. The minimum atomic E-state index is -2.91. The van der Waals surface area contributed by atoms with Gasteiger partial charge >= 0.3 is 6.61 Å². The summed E-state index contributed by atoms with van der Waals surface area (Å²) in [6, 6.07) is 27.3. The molecule has 0 aliphatic rings. The molecule has 0 saturated carbocycles. The Balaban J connectivity index is 1.59. The van der Waals surface area contributed by atoms with Crippen LogP contribution in [0, 0.1) is 0 Å². The summed E-state index contributed by atoms with van der Waals surface area (Å²) in [6.45, 7) is -2.30. The Bertz CT molecular complexity index is 1140. The smallest absolute Gasteiger partial charge is 0.387 e. The fourth-order valence-electron chi connectivity index (χ4n) is 3.00. The topological polar surface area (TPSA) is 53.5 Å². The van der Waals surface area contributed by atoms with Crippen LogP contribution < -0.4 is 14.2 Å². The van der Waals surface area contributed by atoms with Crippen LogP contribution in [0.3, 0.4) is 0 Å². The summed E-state index contributed by atoms with van der Waals surface area (Å²) in [6.07, 6.45) is 0. The molecule has 1 heterocycles. The van der Waals surface area contributed by atoms with Gasteiger partial charge < -0.3 is 14.2 Å². The Hall–Kier alpha value is -4.00. The fourth-order valence-corrected chi connectivity index (χ4v) is 3.00. The molecule has 0 atom stereocenters. The summed E-state index contributed by atoms with van der Waals surface area (Å²) in [4.78, 5) is 0. The lowest BCUT2D eigenvalue weighted by molar-refractivity contribution is -0.0498. The van der Waals surface area contributed by atoms with Gasteiger partial charge in [0.2, 0.25) is 0 Å². The molecule has 0 spiro atoms. The first-order valence-electron chi connectivity index (χ1n) is 9.94. The molecule has 0 amide bonds. The van der Waals surface area contributed by atoms with Crippen molar-refractivity contribution in [1.82, 2.24) is 10.2 Å². The third-order valence-electron chi connectivity index (χ3n) is 4.54. The van der Waals surface area contributed by atoms with Crippen LogP contribution >= 0.6 is 0 Å². The van der Waals surface area contributed by atoms with E-state index in [2.05, 4.69) is 14.9 Å². The molecule has 5 nitrogen and oxygen atoms in total. The van der Waals surface area contributed by atoms with E-state index in [9.17, 15) is 8.78 Å². The van der Waals surface area contributed by atoms with Crippen LogP contribution in [-0.2, 0) is 13.2 Å². The van der Waals surface area contributed by atoms with Crippen molar-refractivity contribution in [2.24, 2.45) is 0 Å². The van der Waals surface area contributed by atoms with E-state index in [0.717, 1.165) is 11.1 Å². The maximum Gasteiger partial charge on any atom is 0.387 e. The van der Waals surface area contributed by atoms with Gasteiger partial charge in [0, 0.05) is 11.6 Å². The predicted octanol–water partition coefficient (Wildman–Crippen LogP) is 5.90. The molecule has 7 heteroatoms. The van der Waals surface area contributed by atoms with Crippen LogP contribution in [0.1, 0.15) is 11.1 Å². The van der Waals surface area contributed by atoms with Crippen molar-refractivity contribution >= 4 is 0 Å². The van der Waals surface area contributed by atoms with Crippen molar-refractivity contribution < 1.29 is 23.0 Å². The summed E-state index contributed by atoms with van der Waals surface area (Å²) >= 11 is 0. The monoisotopic (exact) mass is 434 g/mol. The van der Waals surface area contributed by atoms with E-state index in [1.165, 1.54) is 12.1 Å². The van der Waals surface area contributed by atoms with Gasteiger partial charge in [0.15, 0.2) is 5.75 Å². The summed E-state index contributed by atoms with van der Waals surface area (Å²) in [5, 5.41) is 8.39. The van der Waals surface area contributed by atoms with Gasteiger partial charge in [-0.1, -0.05) is 72.8 Å². The highest BCUT2D eigenvalue weighted by molar-refractivity contribution is 5.63. The van der Waals surface area contributed by atoms with Gasteiger partial charge in [-0.2, -0.15) is 8.78 Å². The molecule has 0 bridgehead atoms. The second-order valence-corrected chi connectivity index (χ2v) is 6.85. The number of hydrogen-bond acceptors (Lipinski definition) is 5. The van der Waals surface area contributed by atoms with E-state index in [0.29, 0.717) is 30.2 Å². The van der Waals surface area contributed by atoms with E-state index >= 15 is 0 Å². The number of halogens is 2. The second kappa shape index (κ2) is 10.3. The zero-order valence-electron chi connectivity index (χ0n) is 17.0. The SMILES string of the molecule is FC(F)Oc1cccc(-c2cc(OCc3ccccc3)c(OCc3ccccc3)nn2)c1. The Kier molecular flexibility index (Phi) is 6.87. The molecule has 0 radical (unpaired) electrons. The maximum atomic E-state index is 12.6. The van der Waals surface area contributed by atoms with Gasteiger partial charge in [-0.15, -0.1) is 10.2 Å². The molecule has 0 fully saturated rings. The largest absolute Gasteiger partial charge is 0.483 e. The van der Waals surface area contributed by atoms with E-state index in [1.54, 1.807) is 18.2 Å². The molecule has 0 N–H and O–H groups in total. The lowest BCUT2D eigenvalue weighted by Gasteiger charge is -2.13. The van der Waals surface area contributed by atoms with Crippen molar-refractivity contribution in [3.05, 3.63) is 102 Å². The zero-order valence-corrected chi connectivity index (χ0v) is 17.0. The van der Waals surface area contributed by atoms with Crippen LogP contribution in [0.15, 0.2) is 91.0 Å². The second-order valence-electron chi connectivity index (χ2n) is 6.85. The minimum Gasteiger partial charge on any atom is -0.483 e. The summed E-state index contributed by atoms with van der Waals surface area (Å²) < 4.78 is 41.5. The van der Waals surface area contributed by atoms with Crippen molar-refractivity contribution in [2.75, 3.05) is 0 Å². The number of aromatic nitrogens is 2.